The van der Waals surface area contributed by atoms with E-state index < -0.39 is 17.3 Å². The number of amides is 1. The molecule has 1 heterocycles. The molecule has 0 radical (unpaired) electrons. The van der Waals surface area contributed by atoms with Gasteiger partial charge in [-0.2, -0.15) is 0 Å². The van der Waals surface area contributed by atoms with Crippen LogP contribution >= 0.6 is 11.6 Å². The minimum absolute atomic E-state index is 0.00849. The Hall–Kier alpha value is -2.80. The summed E-state index contributed by atoms with van der Waals surface area (Å²) >= 11 is 6.04. The van der Waals surface area contributed by atoms with Crippen LogP contribution in [0.2, 0.25) is 5.02 Å². The average molecular weight is 408 g/mol. The summed E-state index contributed by atoms with van der Waals surface area (Å²) in [5, 5.41) is 8.96. The lowest BCUT2D eigenvalue weighted by Crippen LogP contribution is -2.44. The summed E-state index contributed by atoms with van der Waals surface area (Å²) in [5.41, 5.74) is 0.432. The molecule has 148 valence electrons. The first-order valence-corrected chi connectivity index (χ1v) is 9.05. The van der Waals surface area contributed by atoms with Gasteiger partial charge in [0.15, 0.2) is 0 Å². The van der Waals surface area contributed by atoms with Crippen LogP contribution in [0.1, 0.15) is 28.8 Å². The molecule has 1 aliphatic heterocycles. The summed E-state index contributed by atoms with van der Waals surface area (Å²) in [6, 6.07) is 9.41. The number of methoxy groups -OCH3 is 1. The zero-order valence-corrected chi connectivity index (χ0v) is 15.9. The Balaban J connectivity index is 1.69. The van der Waals surface area contributed by atoms with Gasteiger partial charge in [0, 0.05) is 19.0 Å². The molecule has 1 saturated heterocycles. The highest BCUT2D eigenvalue weighted by atomic mass is 35.5. The van der Waals surface area contributed by atoms with Gasteiger partial charge in [0.25, 0.3) is 0 Å². The number of carboxylic acid groups (broad SMARTS) is 1. The van der Waals surface area contributed by atoms with Gasteiger partial charge in [0.05, 0.1) is 24.2 Å². The van der Waals surface area contributed by atoms with E-state index in [1.54, 1.807) is 12.0 Å². The molecule has 6 nitrogen and oxygen atoms in total. The highest BCUT2D eigenvalue weighted by Crippen LogP contribution is 2.30. The van der Waals surface area contributed by atoms with Crippen LogP contribution < -0.4 is 9.47 Å². The average Bonchev–Trinajstić information content (AvgIpc) is 2.67. The maximum atomic E-state index is 13.9. The third-order valence-corrected chi connectivity index (χ3v) is 4.83. The van der Waals surface area contributed by atoms with Gasteiger partial charge in [-0.1, -0.05) is 23.7 Å². The number of piperidine rings is 1. The number of benzene rings is 2. The van der Waals surface area contributed by atoms with Crippen LogP contribution in [0.5, 0.6) is 11.5 Å². The molecule has 0 saturated carbocycles. The number of hydrogen-bond acceptors (Lipinski definition) is 4. The van der Waals surface area contributed by atoms with Gasteiger partial charge in [-0.25, -0.2) is 9.18 Å². The number of carbonyl (C=O) groups excluding carboxylic acids is 1. The molecule has 0 aliphatic carbocycles. The minimum atomic E-state index is -1.40. The van der Waals surface area contributed by atoms with E-state index in [0.29, 0.717) is 25.9 Å². The molecule has 3 rings (SSSR count). The number of ether oxygens (including phenoxy) is 2. The third-order valence-electron chi connectivity index (χ3n) is 4.54. The second kappa shape index (κ2) is 8.48. The smallest absolute Gasteiger partial charge is 0.338 e. The van der Waals surface area contributed by atoms with Crippen molar-refractivity contribution in [2.75, 3.05) is 13.7 Å². The second-order valence-corrected chi connectivity index (χ2v) is 6.88. The van der Waals surface area contributed by atoms with Crippen molar-refractivity contribution in [3.8, 4) is 11.5 Å². The van der Waals surface area contributed by atoms with Gasteiger partial charge in [-0.05, 0) is 30.2 Å². The fourth-order valence-corrected chi connectivity index (χ4v) is 3.25. The van der Waals surface area contributed by atoms with Gasteiger partial charge < -0.3 is 19.5 Å². The van der Waals surface area contributed by atoms with Crippen molar-refractivity contribution < 1.29 is 28.6 Å². The molecule has 1 unspecified atom stereocenters. The van der Waals surface area contributed by atoms with E-state index in [2.05, 4.69) is 0 Å². The number of carboxylic acids is 1. The molecule has 0 spiro atoms. The lowest BCUT2D eigenvalue weighted by Gasteiger charge is -2.33. The summed E-state index contributed by atoms with van der Waals surface area (Å²) < 4.78 is 24.8. The van der Waals surface area contributed by atoms with E-state index >= 15 is 0 Å². The Labute approximate surface area is 166 Å². The normalized spacial score (nSPS) is 16.8. The highest BCUT2D eigenvalue weighted by Gasteiger charge is 2.28. The largest absolute Gasteiger partial charge is 0.497 e. The Morgan fingerprint density at radius 1 is 1.32 bits per heavy atom. The monoisotopic (exact) mass is 407 g/mol. The number of aromatic carboxylic acids is 1. The predicted octanol–water partition coefficient (Wildman–Crippen LogP) is 3.76. The summed E-state index contributed by atoms with van der Waals surface area (Å²) in [5.74, 6) is -1.52. The molecular weight excluding hydrogens is 389 g/mol. The molecule has 0 aromatic heterocycles. The number of halogens is 2. The van der Waals surface area contributed by atoms with E-state index in [1.165, 1.54) is 0 Å². The summed E-state index contributed by atoms with van der Waals surface area (Å²) in [7, 11) is 1.59. The number of likely N-dealkylation sites (tertiary alicyclic amines) is 1. The maximum Gasteiger partial charge on any atom is 0.338 e. The van der Waals surface area contributed by atoms with Crippen LogP contribution in [-0.2, 0) is 11.3 Å². The standard InChI is InChI=1S/C20H19ClFNO5/c1-27-13-4-2-12(3-5-13)10-23-11-14(6-7-19(23)24)28-18-9-17(22)15(20(25)26)8-16(18)21/h2-5,8-9,14H,6-7,10-11H2,1H3,(H,25,26). The van der Waals surface area contributed by atoms with Crippen LogP contribution in [0.4, 0.5) is 4.39 Å². The van der Waals surface area contributed by atoms with Gasteiger partial charge in [-0.3, -0.25) is 4.79 Å². The second-order valence-electron chi connectivity index (χ2n) is 6.47. The van der Waals surface area contributed by atoms with Gasteiger partial charge in [0.2, 0.25) is 5.91 Å². The van der Waals surface area contributed by atoms with E-state index in [4.69, 9.17) is 26.2 Å². The SMILES string of the molecule is COc1ccc(CN2CC(Oc3cc(F)c(C(=O)O)cc3Cl)CCC2=O)cc1. The number of rotatable bonds is 6. The van der Waals surface area contributed by atoms with Crippen LogP contribution in [0.25, 0.3) is 0 Å². The molecule has 1 N–H and O–H groups in total. The van der Waals surface area contributed by atoms with Crippen molar-refractivity contribution in [3.63, 3.8) is 0 Å². The molecule has 8 heteroatoms. The van der Waals surface area contributed by atoms with E-state index in [9.17, 15) is 14.0 Å². The molecule has 2 aromatic rings. The lowest BCUT2D eigenvalue weighted by atomic mass is 10.1. The van der Waals surface area contributed by atoms with Crippen molar-refractivity contribution >= 4 is 23.5 Å². The minimum Gasteiger partial charge on any atom is -0.497 e. The summed E-state index contributed by atoms with van der Waals surface area (Å²) in [6.45, 7) is 0.742. The molecule has 1 fully saturated rings. The van der Waals surface area contributed by atoms with Crippen molar-refractivity contribution in [2.45, 2.75) is 25.5 Å². The quantitative estimate of drug-likeness (QED) is 0.789. The Bertz CT molecular complexity index is 887. The van der Waals surface area contributed by atoms with E-state index in [0.717, 1.165) is 23.4 Å². The molecule has 0 bridgehead atoms. The molecule has 2 aromatic carbocycles. The van der Waals surface area contributed by atoms with Crippen LogP contribution in [0.15, 0.2) is 36.4 Å². The predicted molar refractivity (Wildman–Crippen MR) is 100 cm³/mol. The third kappa shape index (κ3) is 4.54. The van der Waals surface area contributed by atoms with Crippen molar-refractivity contribution in [1.29, 1.82) is 0 Å². The zero-order valence-electron chi connectivity index (χ0n) is 15.2. The van der Waals surface area contributed by atoms with Gasteiger partial charge in [0.1, 0.15) is 23.4 Å². The lowest BCUT2D eigenvalue weighted by molar-refractivity contribution is -0.136. The van der Waals surface area contributed by atoms with E-state index in [1.807, 2.05) is 24.3 Å². The summed E-state index contributed by atoms with van der Waals surface area (Å²) in [4.78, 5) is 24.9. The Morgan fingerprint density at radius 3 is 2.68 bits per heavy atom. The fourth-order valence-electron chi connectivity index (χ4n) is 3.04. The fraction of sp³-hybridized carbons (Fsp3) is 0.300. The zero-order chi connectivity index (χ0) is 20.3. The van der Waals surface area contributed by atoms with Crippen LogP contribution in [0.3, 0.4) is 0 Å². The van der Waals surface area contributed by atoms with Crippen molar-refractivity contribution in [2.24, 2.45) is 0 Å². The van der Waals surface area contributed by atoms with Crippen LogP contribution in [-0.4, -0.2) is 41.6 Å². The number of carbonyl (C=O) groups is 2. The maximum absolute atomic E-state index is 13.9. The van der Waals surface area contributed by atoms with Crippen molar-refractivity contribution in [3.05, 3.63) is 58.4 Å². The molecule has 1 aliphatic rings. The first-order valence-electron chi connectivity index (χ1n) is 8.67. The molecule has 1 amide bonds. The Kier molecular flexibility index (Phi) is 6.04. The first kappa shape index (κ1) is 19.9. The number of hydrogen-bond donors (Lipinski definition) is 1. The molecular formula is C20H19ClFNO5. The number of nitrogens with zero attached hydrogens (tertiary/aromatic N) is 1. The topological polar surface area (TPSA) is 76.1 Å². The molecule has 28 heavy (non-hydrogen) atoms. The highest BCUT2D eigenvalue weighted by molar-refractivity contribution is 6.32. The molecule has 1 atom stereocenters. The van der Waals surface area contributed by atoms with Gasteiger partial charge >= 0.3 is 5.97 Å². The van der Waals surface area contributed by atoms with E-state index in [-0.39, 0.29) is 22.8 Å². The first-order chi connectivity index (χ1) is 13.4. The Morgan fingerprint density at radius 2 is 2.04 bits per heavy atom. The van der Waals surface area contributed by atoms with Crippen LogP contribution in [0, 0.1) is 5.82 Å². The van der Waals surface area contributed by atoms with Gasteiger partial charge in [-0.15, -0.1) is 0 Å². The summed E-state index contributed by atoms with van der Waals surface area (Å²) in [6.07, 6.45) is 0.397. The van der Waals surface area contributed by atoms with Crippen molar-refractivity contribution in [1.82, 2.24) is 4.90 Å².